The van der Waals surface area contributed by atoms with Gasteiger partial charge in [-0.3, -0.25) is 0 Å². The zero-order chi connectivity index (χ0) is 26.0. The Labute approximate surface area is 217 Å². The maximum atomic E-state index is 10.7. The van der Waals surface area contributed by atoms with Crippen LogP contribution in [0.25, 0.3) is 0 Å². The van der Waals surface area contributed by atoms with E-state index in [1.807, 2.05) is 72.8 Å². The van der Waals surface area contributed by atoms with Crippen molar-refractivity contribution >= 4 is 0 Å². The molecule has 0 amide bonds. The van der Waals surface area contributed by atoms with Gasteiger partial charge in [-0.15, -0.1) is 0 Å². The van der Waals surface area contributed by atoms with Crippen molar-refractivity contribution in [2.45, 2.75) is 44.4 Å². The topological polar surface area (TPSA) is 84.8 Å². The van der Waals surface area contributed by atoms with E-state index in [0.29, 0.717) is 13.2 Å². The maximum absolute atomic E-state index is 10.7. The second-order valence-electron chi connectivity index (χ2n) is 8.68. The molecular weight excluding hydrogens is 476 g/mol. The summed E-state index contributed by atoms with van der Waals surface area (Å²) in [4.78, 5) is 0. The van der Waals surface area contributed by atoms with E-state index in [1.54, 1.807) is 21.3 Å². The van der Waals surface area contributed by atoms with Gasteiger partial charge in [0.2, 0.25) is 0 Å². The SMILES string of the molecule is COc1ccc(COC[C@@H]2OC(O)[C@@H](OCc3ccc(OC)cc3)[C@@H]2OCc2ccc(OC)cc2)cc1. The quantitative estimate of drug-likeness (QED) is 0.368. The largest absolute Gasteiger partial charge is 0.497 e. The van der Waals surface area contributed by atoms with Crippen molar-refractivity contribution in [2.24, 2.45) is 0 Å². The van der Waals surface area contributed by atoms with Gasteiger partial charge in [0, 0.05) is 0 Å². The molecule has 1 aliphatic rings. The Kier molecular flexibility index (Phi) is 9.76. The van der Waals surface area contributed by atoms with Gasteiger partial charge in [0.05, 0.1) is 47.8 Å². The van der Waals surface area contributed by atoms with Crippen LogP contribution in [0.5, 0.6) is 17.2 Å². The second kappa shape index (κ2) is 13.4. The Hall–Kier alpha value is -3.14. The summed E-state index contributed by atoms with van der Waals surface area (Å²) in [6.45, 7) is 1.24. The summed E-state index contributed by atoms with van der Waals surface area (Å²) in [5.74, 6) is 2.33. The molecule has 1 fully saturated rings. The van der Waals surface area contributed by atoms with Crippen molar-refractivity contribution in [3.05, 3.63) is 89.5 Å². The third-order valence-corrected chi connectivity index (χ3v) is 6.20. The van der Waals surface area contributed by atoms with E-state index in [9.17, 15) is 5.11 Å². The summed E-state index contributed by atoms with van der Waals surface area (Å²) >= 11 is 0. The van der Waals surface area contributed by atoms with E-state index >= 15 is 0 Å². The van der Waals surface area contributed by atoms with E-state index in [4.69, 9.17) is 33.2 Å². The zero-order valence-electron chi connectivity index (χ0n) is 21.4. The molecule has 37 heavy (non-hydrogen) atoms. The summed E-state index contributed by atoms with van der Waals surface area (Å²) < 4.78 is 39.8. The summed E-state index contributed by atoms with van der Waals surface area (Å²) in [6, 6.07) is 22.9. The van der Waals surface area contributed by atoms with Crippen LogP contribution in [0.15, 0.2) is 72.8 Å². The molecule has 1 saturated heterocycles. The number of methoxy groups -OCH3 is 3. The molecule has 1 N–H and O–H groups in total. The lowest BCUT2D eigenvalue weighted by Crippen LogP contribution is -2.39. The molecule has 4 rings (SSSR count). The van der Waals surface area contributed by atoms with Gasteiger partial charge in [-0.25, -0.2) is 0 Å². The van der Waals surface area contributed by atoms with E-state index in [2.05, 4.69) is 0 Å². The molecule has 4 atom stereocenters. The van der Waals surface area contributed by atoms with E-state index in [1.165, 1.54) is 0 Å². The fraction of sp³-hybridized carbons (Fsp3) is 0.379. The zero-order valence-corrected chi connectivity index (χ0v) is 21.4. The fourth-order valence-electron chi connectivity index (χ4n) is 4.06. The molecule has 0 bridgehead atoms. The highest BCUT2D eigenvalue weighted by Gasteiger charge is 2.45. The Morgan fingerprint density at radius 3 is 1.43 bits per heavy atom. The highest BCUT2D eigenvalue weighted by Crippen LogP contribution is 2.28. The van der Waals surface area contributed by atoms with Crippen LogP contribution in [0, 0.1) is 0 Å². The molecule has 3 aromatic carbocycles. The maximum Gasteiger partial charge on any atom is 0.184 e. The number of benzene rings is 3. The standard InChI is InChI=1S/C29H34O8/c1-31-23-10-4-20(5-11-23)16-34-19-26-27(35-17-21-6-12-24(32-2)13-7-21)28(29(30)37-26)36-18-22-8-14-25(33-3)15-9-22/h4-15,26-30H,16-19H2,1-3H3/t26-,27+,28-,29?/m0/s1. The van der Waals surface area contributed by atoms with Gasteiger partial charge >= 0.3 is 0 Å². The minimum atomic E-state index is -1.14. The number of ether oxygens (including phenoxy) is 7. The first kappa shape index (κ1) is 26.9. The smallest absolute Gasteiger partial charge is 0.184 e. The van der Waals surface area contributed by atoms with Crippen molar-refractivity contribution in [3.8, 4) is 17.2 Å². The molecule has 8 heteroatoms. The van der Waals surface area contributed by atoms with Crippen molar-refractivity contribution in [3.63, 3.8) is 0 Å². The van der Waals surface area contributed by atoms with Gasteiger partial charge in [-0.1, -0.05) is 36.4 Å². The molecule has 3 aromatic rings. The minimum absolute atomic E-state index is 0.235. The number of aliphatic hydroxyl groups is 1. The van der Waals surface area contributed by atoms with E-state index in [-0.39, 0.29) is 13.2 Å². The Morgan fingerprint density at radius 2 is 1.00 bits per heavy atom. The molecule has 1 heterocycles. The lowest BCUT2D eigenvalue weighted by Gasteiger charge is -2.24. The van der Waals surface area contributed by atoms with Crippen LogP contribution in [0.3, 0.4) is 0 Å². The minimum Gasteiger partial charge on any atom is -0.497 e. The van der Waals surface area contributed by atoms with Gasteiger partial charge < -0.3 is 38.3 Å². The van der Waals surface area contributed by atoms with Crippen molar-refractivity contribution in [1.82, 2.24) is 0 Å². The first-order chi connectivity index (χ1) is 18.1. The summed E-state index contributed by atoms with van der Waals surface area (Å²) in [6.07, 6.45) is -2.87. The first-order valence-electron chi connectivity index (χ1n) is 12.1. The Morgan fingerprint density at radius 1 is 0.595 bits per heavy atom. The lowest BCUT2D eigenvalue weighted by molar-refractivity contribution is -0.153. The van der Waals surface area contributed by atoms with Crippen LogP contribution < -0.4 is 14.2 Å². The Bertz CT molecular complexity index is 1070. The molecule has 0 spiro atoms. The first-order valence-corrected chi connectivity index (χ1v) is 12.1. The third-order valence-electron chi connectivity index (χ3n) is 6.20. The summed E-state index contributed by atoms with van der Waals surface area (Å²) in [5.41, 5.74) is 2.91. The van der Waals surface area contributed by atoms with Crippen molar-refractivity contribution in [2.75, 3.05) is 27.9 Å². The molecule has 198 valence electrons. The highest BCUT2D eigenvalue weighted by atomic mass is 16.7. The third kappa shape index (κ3) is 7.44. The van der Waals surface area contributed by atoms with Gasteiger partial charge in [0.1, 0.15) is 35.6 Å². The molecule has 1 unspecified atom stereocenters. The number of aliphatic hydroxyl groups excluding tert-OH is 1. The van der Waals surface area contributed by atoms with Crippen molar-refractivity contribution in [1.29, 1.82) is 0 Å². The molecule has 1 aliphatic heterocycles. The van der Waals surface area contributed by atoms with Crippen LogP contribution in [-0.4, -0.2) is 57.6 Å². The van der Waals surface area contributed by atoms with Gasteiger partial charge in [0.25, 0.3) is 0 Å². The van der Waals surface area contributed by atoms with E-state index in [0.717, 1.165) is 33.9 Å². The fourth-order valence-corrected chi connectivity index (χ4v) is 4.06. The summed E-state index contributed by atoms with van der Waals surface area (Å²) in [7, 11) is 4.89. The molecular formula is C29H34O8. The Balaban J connectivity index is 1.39. The van der Waals surface area contributed by atoms with Crippen LogP contribution in [-0.2, 0) is 38.8 Å². The van der Waals surface area contributed by atoms with Crippen molar-refractivity contribution < 1.29 is 38.3 Å². The van der Waals surface area contributed by atoms with Gasteiger partial charge in [-0.2, -0.15) is 0 Å². The summed E-state index contributed by atoms with van der Waals surface area (Å²) in [5, 5.41) is 10.7. The van der Waals surface area contributed by atoms with Crippen LogP contribution in [0.1, 0.15) is 16.7 Å². The molecule has 0 aromatic heterocycles. The van der Waals surface area contributed by atoms with Crippen LogP contribution >= 0.6 is 0 Å². The normalized spacial score (nSPS) is 21.1. The van der Waals surface area contributed by atoms with Gasteiger partial charge in [0.15, 0.2) is 6.29 Å². The van der Waals surface area contributed by atoms with Gasteiger partial charge in [-0.05, 0) is 53.1 Å². The lowest BCUT2D eigenvalue weighted by atomic mass is 10.1. The molecule has 8 nitrogen and oxygen atoms in total. The van der Waals surface area contributed by atoms with E-state index < -0.39 is 24.6 Å². The molecule has 0 aliphatic carbocycles. The number of hydrogen-bond acceptors (Lipinski definition) is 8. The second-order valence-corrected chi connectivity index (χ2v) is 8.68. The number of rotatable bonds is 13. The predicted octanol–water partition coefficient (Wildman–Crippen LogP) is 4.12. The average Bonchev–Trinajstić information content (AvgIpc) is 3.25. The molecule has 0 saturated carbocycles. The number of hydrogen-bond donors (Lipinski definition) is 1. The highest BCUT2D eigenvalue weighted by molar-refractivity contribution is 5.28. The molecule has 0 radical (unpaired) electrons. The monoisotopic (exact) mass is 510 g/mol. The predicted molar refractivity (Wildman–Crippen MR) is 137 cm³/mol. The van der Waals surface area contributed by atoms with Crippen LogP contribution in [0.2, 0.25) is 0 Å². The van der Waals surface area contributed by atoms with Crippen LogP contribution in [0.4, 0.5) is 0 Å². The average molecular weight is 511 g/mol.